The van der Waals surface area contributed by atoms with Crippen molar-refractivity contribution >= 4 is 41.9 Å². The molecule has 0 saturated carbocycles. The number of carbonyl (C=O) groups is 4. The van der Waals surface area contributed by atoms with Gasteiger partial charge in [-0.25, -0.2) is 14.8 Å². The van der Waals surface area contributed by atoms with E-state index in [1.807, 2.05) is 46.1 Å². The van der Waals surface area contributed by atoms with E-state index in [0.717, 1.165) is 69.1 Å². The smallest absolute Gasteiger partial charge is 0.407 e. The van der Waals surface area contributed by atoms with E-state index >= 15 is 0 Å². The highest BCUT2D eigenvalue weighted by Crippen LogP contribution is 2.44. The Labute approximate surface area is 388 Å². The van der Waals surface area contributed by atoms with Crippen molar-refractivity contribution in [3.63, 3.8) is 0 Å². The quantitative estimate of drug-likeness (QED) is 0.146. The Bertz CT molecular complexity index is 1920. The summed E-state index contributed by atoms with van der Waals surface area (Å²) in [4.78, 5) is 59.8. The van der Waals surface area contributed by atoms with Crippen molar-refractivity contribution in [3.05, 3.63) is 76.7 Å². The molecular weight excluding hydrogens is 827 g/mol. The van der Waals surface area contributed by atoms with Crippen LogP contribution in [0.5, 0.6) is 0 Å². The predicted octanol–water partition coefficient (Wildman–Crippen LogP) is 7.98. The first-order chi connectivity index (χ1) is 29.9. The summed E-state index contributed by atoms with van der Waals surface area (Å²) in [5.74, 6) is 1.10. The van der Waals surface area contributed by atoms with Gasteiger partial charge in [0.15, 0.2) is 0 Å². The van der Waals surface area contributed by atoms with Gasteiger partial charge < -0.3 is 46.3 Å². The number of ether oxygens (including phenoxy) is 1. The molecule has 14 nitrogen and oxygen atoms in total. The number of amides is 3. The number of benzene rings is 1. The fraction of sp³-hybridized carbons (Fsp3) is 0.592. The van der Waals surface area contributed by atoms with E-state index in [9.17, 15) is 14.4 Å². The van der Waals surface area contributed by atoms with E-state index in [1.54, 1.807) is 17.4 Å². The van der Waals surface area contributed by atoms with Crippen LogP contribution in [0.2, 0.25) is 0 Å². The number of aromatic nitrogens is 2. The van der Waals surface area contributed by atoms with Gasteiger partial charge in [-0.2, -0.15) is 0 Å². The summed E-state index contributed by atoms with van der Waals surface area (Å²) in [6, 6.07) is 11.9. The molecule has 64 heavy (non-hydrogen) atoms. The highest BCUT2D eigenvalue weighted by molar-refractivity contribution is 7.13. The van der Waals surface area contributed by atoms with Crippen LogP contribution in [0.4, 0.5) is 10.6 Å². The zero-order chi connectivity index (χ0) is 48.6. The lowest BCUT2D eigenvalue weighted by atomic mass is 9.66. The number of piperazine rings is 1. The summed E-state index contributed by atoms with van der Waals surface area (Å²) >= 11 is 1.66. The van der Waals surface area contributed by atoms with Crippen molar-refractivity contribution in [2.75, 3.05) is 51.7 Å². The van der Waals surface area contributed by atoms with Crippen molar-refractivity contribution < 1.29 is 23.9 Å². The minimum absolute atomic E-state index is 0.0200. The van der Waals surface area contributed by atoms with Crippen molar-refractivity contribution in [3.8, 4) is 10.4 Å². The van der Waals surface area contributed by atoms with Crippen LogP contribution in [-0.2, 0) is 14.3 Å². The fourth-order valence-corrected chi connectivity index (χ4v) is 8.65. The zero-order valence-electron chi connectivity index (χ0n) is 41.2. The maximum Gasteiger partial charge on any atom is 0.407 e. The Kier molecular flexibility index (Phi) is 21.6. The molecule has 2 aliphatic heterocycles. The molecular formula is C49H79N9O5S. The molecule has 0 aliphatic carbocycles. The van der Waals surface area contributed by atoms with Gasteiger partial charge in [-0.1, -0.05) is 65.0 Å². The minimum atomic E-state index is -0.433. The summed E-state index contributed by atoms with van der Waals surface area (Å²) in [7, 11) is 3.65. The second-order valence-corrected chi connectivity index (χ2v) is 20.1. The number of primary amides is 1. The summed E-state index contributed by atoms with van der Waals surface area (Å²) in [5, 5.41) is 5.69. The van der Waals surface area contributed by atoms with Crippen LogP contribution >= 0.6 is 11.3 Å². The van der Waals surface area contributed by atoms with E-state index in [1.165, 1.54) is 29.4 Å². The molecule has 3 aromatic rings. The first-order valence-electron chi connectivity index (χ1n) is 22.3. The number of alkyl carbamates (subject to hydrolysis) is 1. The number of nitrogens with two attached hydrogens (primary N) is 2. The van der Waals surface area contributed by atoms with E-state index in [2.05, 4.69) is 128 Å². The second-order valence-electron chi connectivity index (χ2n) is 19.3. The van der Waals surface area contributed by atoms with Gasteiger partial charge in [-0.05, 0) is 109 Å². The molecule has 1 aromatic carbocycles. The maximum absolute atomic E-state index is 13.7. The third-order valence-corrected chi connectivity index (χ3v) is 12.4. The summed E-state index contributed by atoms with van der Waals surface area (Å²) in [6.45, 7) is 32.1. The van der Waals surface area contributed by atoms with Crippen LogP contribution in [0.1, 0.15) is 123 Å². The molecule has 0 bridgehead atoms. The predicted molar refractivity (Wildman–Crippen MR) is 262 cm³/mol. The molecule has 15 heteroatoms. The molecule has 2 aliphatic rings. The summed E-state index contributed by atoms with van der Waals surface area (Å²) in [5.41, 5.74) is 18.1. The first kappa shape index (κ1) is 55.3. The van der Waals surface area contributed by atoms with Crippen molar-refractivity contribution in [2.24, 2.45) is 28.7 Å². The van der Waals surface area contributed by atoms with E-state index in [0.29, 0.717) is 5.56 Å². The SMILES string of the molecule is C=O.CC/C=C(/C(C(C)C(C)(C)N)C(C)(C)C)N1CCCC1C(=O)NC(C)c1ccc(-c2scnc2C)cc1.CN1CCN(c2ccc(C(N)=O)cn2)CC1.CNC(=O)OC(C)(C)C. The number of nitrogens with one attached hydrogen (secondary N) is 2. The van der Waals surface area contributed by atoms with Crippen molar-refractivity contribution in [1.82, 2.24) is 30.4 Å². The fourth-order valence-electron chi connectivity index (χ4n) is 7.84. The molecule has 4 unspecified atom stereocenters. The lowest BCUT2D eigenvalue weighted by Crippen LogP contribution is -2.51. The van der Waals surface area contributed by atoms with E-state index < -0.39 is 5.91 Å². The number of carbonyl (C=O) groups excluding carboxylic acids is 4. The van der Waals surface area contributed by atoms with Gasteiger partial charge >= 0.3 is 6.09 Å². The normalized spacial score (nSPS) is 17.2. The number of nitrogens with zero attached hydrogens (tertiary/aromatic N) is 5. The van der Waals surface area contributed by atoms with E-state index in [4.69, 9.17) is 21.0 Å². The van der Waals surface area contributed by atoms with Crippen LogP contribution in [-0.4, -0.2) is 108 Å². The molecule has 2 aromatic heterocycles. The number of anilines is 1. The molecule has 0 radical (unpaired) electrons. The number of allylic oxidation sites excluding steroid dienone is 2. The Hall–Kier alpha value is -4.86. The molecule has 3 amide bonds. The minimum Gasteiger partial charge on any atom is -0.444 e. The van der Waals surface area contributed by atoms with Crippen molar-refractivity contribution in [2.45, 2.75) is 126 Å². The Balaban J connectivity index is 0.000000425. The van der Waals surface area contributed by atoms with Crippen LogP contribution in [0.3, 0.4) is 0 Å². The Morgan fingerprint density at radius 2 is 1.56 bits per heavy atom. The van der Waals surface area contributed by atoms with Gasteiger partial charge in [0.2, 0.25) is 11.8 Å². The van der Waals surface area contributed by atoms with Gasteiger partial charge in [0.1, 0.15) is 24.2 Å². The number of aryl methyl sites for hydroxylation is 1. The Morgan fingerprint density at radius 3 is 2.00 bits per heavy atom. The molecule has 0 spiro atoms. The molecule has 2 saturated heterocycles. The summed E-state index contributed by atoms with van der Waals surface area (Å²) in [6.07, 6.45) is 6.33. The lowest BCUT2D eigenvalue weighted by molar-refractivity contribution is -0.125. The monoisotopic (exact) mass is 906 g/mol. The number of likely N-dealkylation sites (N-methyl/N-ethyl adjacent to an activating group) is 1. The van der Waals surface area contributed by atoms with Crippen LogP contribution < -0.4 is 27.0 Å². The average molecular weight is 906 g/mol. The van der Waals surface area contributed by atoms with Gasteiger partial charge in [0.05, 0.1) is 27.7 Å². The molecule has 356 valence electrons. The van der Waals surface area contributed by atoms with Crippen LogP contribution in [0, 0.1) is 24.2 Å². The third-order valence-electron chi connectivity index (χ3n) is 11.5. The number of likely N-dealkylation sites (tertiary alicyclic amines) is 1. The maximum atomic E-state index is 13.7. The summed E-state index contributed by atoms with van der Waals surface area (Å²) < 4.78 is 4.84. The van der Waals surface area contributed by atoms with Crippen molar-refractivity contribution in [1.29, 1.82) is 0 Å². The number of pyridine rings is 1. The van der Waals surface area contributed by atoms with Gasteiger partial charge in [-0.15, -0.1) is 11.3 Å². The van der Waals surface area contributed by atoms with Crippen LogP contribution in [0.15, 0.2) is 59.9 Å². The van der Waals surface area contributed by atoms with Gasteiger partial charge in [-0.3, -0.25) is 9.59 Å². The molecule has 6 N–H and O–H groups in total. The Morgan fingerprint density at radius 1 is 0.953 bits per heavy atom. The number of hydrogen-bond donors (Lipinski definition) is 4. The van der Waals surface area contributed by atoms with Gasteiger partial charge in [0.25, 0.3) is 0 Å². The number of thiazole rings is 1. The molecule has 5 rings (SSSR count). The molecule has 4 heterocycles. The van der Waals surface area contributed by atoms with Gasteiger partial charge in [0, 0.05) is 63.1 Å². The molecule has 4 atom stereocenters. The van der Waals surface area contributed by atoms with Crippen LogP contribution in [0.25, 0.3) is 10.4 Å². The first-order valence-corrected chi connectivity index (χ1v) is 23.2. The average Bonchev–Trinajstić information content (AvgIpc) is 3.90. The molecule has 2 fully saturated rings. The topological polar surface area (TPSA) is 189 Å². The number of rotatable bonds is 11. The number of hydrogen-bond acceptors (Lipinski definition) is 12. The standard InChI is InChI=1S/C31H48N4OS.C11H16N4O.C6H13NO2.CH2O/c1-10-12-25(27(30(5,6)7)20(2)31(8,9)32)35-18-11-13-26(35)29(36)34-21(3)23-14-16-24(17-15-23)28-22(4)33-19-37-28;1-14-4-6-15(7-5-14)10-3-2-9(8-13-10)11(12)16;1-6(2,3)9-5(8)7-4;1-2/h12,14-17,19-21,26-27H,10-11,13,18,32H2,1-9H3,(H,34,36);2-3,8H,4-7H2,1H3,(H2,12,16);1-4H3,(H,7,8);1H2/b25-12-;;;. The lowest BCUT2D eigenvalue weighted by Gasteiger charge is -2.46. The van der Waals surface area contributed by atoms with E-state index in [-0.39, 0.29) is 52.5 Å². The highest BCUT2D eigenvalue weighted by Gasteiger charge is 2.43. The highest BCUT2D eigenvalue weighted by atomic mass is 32.1. The largest absolute Gasteiger partial charge is 0.444 e. The zero-order valence-corrected chi connectivity index (χ0v) is 42.0. The third kappa shape index (κ3) is 16.9. The second kappa shape index (κ2) is 25.0.